The summed E-state index contributed by atoms with van der Waals surface area (Å²) in [6, 6.07) is 29.3. The molecule has 1 N–H and O–H groups in total. The highest BCUT2D eigenvalue weighted by atomic mass is 31.2. The van der Waals surface area contributed by atoms with E-state index in [1.165, 1.54) is 21.3 Å². The lowest BCUT2D eigenvalue weighted by Gasteiger charge is -2.46. The number of rotatable bonds is 15. The van der Waals surface area contributed by atoms with Crippen molar-refractivity contribution < 1.29 is 42.4 Å². The van der Waals surface area contributed by atoms with Crippen molar-refractivity contribution in [3.8, 4) is 0 Å². The van der Waals surface area contributed by atoms with Crippen LogP contribution in [0.1, 0.15) is 23.1 Å². The Morgan fingerprint density at radius 1 is 0.683 bits per heavy atom. The van der Waals surface area contributed by atoms with Crippen LogP contribution in [0.4, 0.5) is 0 Å². The fourth-order valence-corrected chi connectivity index (χ4v) is 5.88. The summed E-state index contributed by atoms with van der Waals surface area (Å²) in [6.45, 7) is 0.825. The molecular weight excluding hydrogens is 547 g/mol. The van der Waals surface area contributed by atoms with E-state index in [4.69, 9.17) is 32.7 Å². The summed E-state index contributed by atoms with van der Waals surface area (Å²) >= 11 is 0. The topological polar surface area (TPSA) is 102 Å². The number of aliphatic hydroxyl groups is 1. The molecule has 0 amide bonds. The fraction of sp³-hybridized carbons (Fsp3) is 0.419. The van der Waals surface area contributed by atoms with Crippen LogP contribution in [0.25, 0.3) is 0 Å². The van der Waals surface area contributed by atoms with Gasteiger partial charge >= 0.3 is 7.60 Å². The molecule has 1 heterocycles. The first-order chi connectivity index (χ1) is 20.0. The van der Waals surface area contributed by atoms with Crippen LogP contribution < -0.4 is 0 Å². The van der Waals surface area contributed by atoms with Gasteiger partial charge in [0.15, 0.2) is 12.1 Å². The van der Waals surface area contributed by atoms with Gasteiger partial charge in [-0.25, -0.2) is 0 Å². The molecule has 222 valence electrons. The second kappa shape index (κ2) is 15.7. The summed E-state index contributed by atoms with van der Waals surface area (Å²) in [6.07, 6.45) is -3.87. The standard InChI is InChI=1S/C31H39O9P/c1-34-31-30(39-22-25-17-11-6-12-18-25)29(38-21-24-15-9-5-10-16-24)28(37-20-23-13-7-4-8-14-23)26(40-31)19-27(32)41(33,35-2)36-3/h4-18,26-32H,19-22H2,1-3H3/t26-,27?,28-,29+,30-,31+/m1/s1. The van der Waals surface area contributed by atoms with Gasteiger partial charge in [-0.1, -0.05) is 91.0 Å². The van der Waals surface area contributed by atoms with E-state index in [0.29, 0.717) is 6.61 Å². The lowest BCUT2D eigenvalue weighted by Crippen LogP contribution is -2.61. The van der Waals surface area contributed by atoms with Crippen LogP contribution in [0.3, 0.4) is 0 Å². The Morgan fingerprint density at radius 2 is 1.10 bits per heavy atom. The minimum atomic E-state index is -3.81. The summed E-state index contributed by atoms with van der Waals surface area (Å²) < 4.78 is 54.6. The maximum Gasteiger partial charge on any atom is 0.358 e. The van der Waals surface area contributed by atoms with Crippen molar-refractivity contribution in [2.75, 3.05) is 21.3 Å². The van der Waals surface area contributed by atoms with Crippen molar-refractivity contribution >= 4 is 7.60 Å². The Bertz CT molecular complexity index is 1190. The second-order valence-corrected chi connectivity index (χ2v) is 12.1. The maximum absolute atomic E-state index is 13.0. The molecule has 0 bridgehead atoms. The molecule has 0 saturated carbocycles. The van der Waals surface area contributed by atoms with E-state index in [0.717, 1.165) is 16.7 Å². The van der Waals surface area contributed by atoms with Crippen molar-refractivity contribution in [2.24, 2.45) is 0 Å². The van der Waals surface area contributed by atoms with Gasteiger partial charge in [-0.15, -0.1) is 0 Å². The van der Waals surface area contributed by atoms with Gasteiger partial charge < -0.3 is 37.8 Å². The van der Waals surface area contributed by atoms with Gasteiger partial charge in [0.2, 0.25) is 0 Å². The minimum absolute atomic E-state index is 0.116. The Labute approximate surface area is 241 Å². The third kappa shape index (κ3) is 8.55. The molecule has 0 aromatic heterocycles. The lowest BCUT2D eigenvalue weighted by atomic mass is 9.95. The average molecular weight is 587 g/mol. The van der Waals surface area contributed by atoms with E-state index >= 15 is 0 Å². The van der Waals surface area contributed by atoms with Gasteiger partial charge in [-0.2, -0.15) is 0 Å². The van der Waals surface area contributed by atoms with Crippen LogP contribution in [0, 0.1) is 0 Å². The number of hydrogen-bond donors (Lipinski definition) is 1. The smallest absolute Gasteiger partial charge is 0.358 e. The molecule has 1 aliphatic heterocycles. The second-order valence-electron chi connectivity index (χ2n) is 9.68. The van der Waals surface area contributed by atoms with E-state index in [1.54, 1.807) is 0 Å². The molecule has 6 atom stereocenters. The monoisotopic (exact) mass is 586 g/mol. The van der Waals surface area contributed by atoms with Crippen LogP contribution in [0.15, 0.2) is 91.0 Å². The molecule has 3 aromatic rings. The zero-order valence-corrected chi connectivity index (χ0v) is 24.5. The third-order valence-corrected chi connectivity index (χ3v) is 8.96. The number of methoxy groups -OCH3 is 1. The number of ether oxygens (including phenoxy) is 5. The lowest BCUT2D eigenvalue weighted by molar-refractivity contribution is -0.319. The first kappa shape index (κ1) is 31.5. The molecule has 41 heavy (non-hydrogen) atoms. The van der Waals surface area contributed by atoms with Crippen molar-refractivity contribution in [2.45, 2.75) is 62.8 Å². The van der Waals surface area contributed by atoms with Gasteiger partial charge in [-0.3, -0.25) is 4.57 Å². The molecule has 4 rings (SSSR count). The van der Waals surface area contributed by atoms with Crippen LogP contribution in [0.2, 0.25) is 0 Å². The predicted molar refractivity (Wildman–Crippen MR) is 153 cm³/mol. The summed E-state index contributed by atoms with van der Waals surface area (Å²) in [5.41, 5.74) is 2.89. The van der Waals surface area contributed by atoms with Crippen LogP contribution in [-0.2, 0) is 57.1 Å². The van der Waals surface area contributed by atoms with E-state index in [9.17, 15) is 9.67 Å². The molecule has 0 aliphatic carbocycles. The molecule has 3 aromatic carbocycles. The van der Waals surface area contributed by atoms with E-state index in [-0.39, 0.29) is 19.6 Å². The van der Waals surface area contributed by atoms with Crippen LogP contribution >= 0.6 is 7.60 Å². The SMILES string of the molecule is CO[C@H]1O[C@H](CC(O)P(=O)(OC)OC)[C@@H](OCc2ccccc2)[C@H](OCc2ccccc2)[C@H]1OCc1ccccc1. The van der Waals surface area contributed by atoms with Gasteiger partial charge in [-0.05, 0) is 16.7 Å². The highest BCUT2D eigenvalue weighted by Gasteiger charge is 2.50. The van der Waals surface area contributed by atoms with Crippen LogP contribution in [0.5, 0.6) is 0 Å². The summed E-state index contributed by atoms with van der Waals surface area (Å²) in [5.74, 6) is -1.47. The highest BCUT2D eigenvalue weighted by Crippen LogP contribution is 2.52. The quantitative estimate of drug-likeness (QED) is 0.238. The summed E-state index contributed by atoms with van der Waals surface area (Å²) in [7, 11) is 0.169. The molecule has 1 unspecified atom stereocenters. The average Bonchev–Trinajstić information content (AvgIpc) is 3.03. The first-order valence-electron chi connectivity index (χ1n) is 13.5. The number of benzene rings is 3. The molecule has 10 heteroatoms. The van der Waals surface area contributed by atoms with Gasteiger partial charge in [0.05, 0.1) is 25.9 Å². The van der Waals surface area contributed by atoms with Crippen molar-refractivity contribution in [3.05, 3.63) is 108 Å². The van der Waals surface area contributed by atoms with Crippen molar-refractivity contribution in [3.63, 3.8) is 0 Å². The first-order valence-corrected chi connectivity index (χ1v) is 15.1. The van der Waals surface area contributed by atoms with Crippen molar-refractivity contribution in [1.29, 1.82) is 0 Å². The van der Waals surface area contributed by atoms with E-state index in [1.807, 2.05) is 91.0 Å². The minimum Gasteiger partial charge on any atom is -0.380 e. The Hall–Kier alpha value is -2.43. The molecule has 1 fully saturated rings. The van der Waals surface area contributed by atoms with Gasteiger partial charge in [0.25, 0.3) is 0 Å². The molecular formula is C31H39O9P. The van der Waals surface area contributed by atoms with Crippen LogP contribution in [-0.4, -0.2) is 63.0 Å². The maximum atomic E-state index is 13.0. The predicted octanol–water partition coefficient (Wildman–Crippen LogP) is 5.31. The molecule has 9 nitrogen and oxygen atoms in total. The summed E-state index contributed by atoms with van der Waals surface area (Å²) in [5, 5.41) is 10.9. The molecule has 1 aliphatic rings. The number of aliphatic hydroxyl groups excluding tert-OH is 1. The largest absolute Gasteiger partial charge is 0.380 e. The Morgan fingerprint density at radius 3 is 1.51 bits per heavy atom. The third-order valence-electron chi connectivity index (χ3n) is 7.00. The molecule has 0 radical (unpaired) electrons. The number of hydrogen-bond acceptors (Lipinski definition) is 9. The fourth-order valence-electron chi connectivity index (χ4n) is 4.78. The Kier molecular flexibility index (Phi) is 12.1. The molecule has 1 saturated heterocycles. The van der Waals surface area contributed by atoms with Gasteiger partial charge in [0, 0.05) is 27.8 Å². The highest BCUT2D eigenvalue weighted by molar-refractivity contribution is 7.54. The zero-order valence-electron chi connectivity index (χ0n) is 23.6. The summed E-state index contributed by atoms with van der Waals surface area (Å²) in [4.78, 5) is 0. The Balaban J connectivity index is 1.65. The van der Waals surface area contributed by atoms with E-state index in [2.05, 4.69) is 0 Å². The zero-order chi connectivity index (χ0) is 29.1. The normalized spacial score (nSPS) is 23.8. The molecule has 0 spiro atoms. The van der Waals surface area contributed by atoms with E-state index < -0.39 is 44.1 Å². The van der Waals surface area contributed by atoms with Crippen molar-refractivity contribution in [1.82, 2.24) is 0 Å². The van der Waals surface area contributed by atoms with Gasteiger partial charge in [0.1, 0.15) is 18.3 Å².